The normalized spacial score (nSPS) is 23.7. The zero-order chi connectivity index (χ0) is 17.6. The Labute approximate surface area is 148 Å². The van der Waals surface area contributed by atoms with E-state index in [2.05, 4.69) is 65.6 Å². The van der Waals surface area contributed by atoms with Crippen LogP contribution < -0.4 is 5.32 Å². The van der Waals surface area contributed by atoms with Gasteiger partial charge in [-0.15, -0.1) is 5.10 Å². The van der Waals surface area contributed by atoms with Crippen molar-refractivity contribution in [3.63, 3.8) is 0 Å². The quantitative estimate of drug-likeness (QED) is 0.909. The fourth-order valence-corrected chi connectivity index (χ4v) is 3.66. The van der Waals surface area contributed by atoms with E-state index in [-0.39, 0.29) is 17.5 Å². The fourth-order valence-electron chi connectivity index (χ4n) is 3.66. The first-order chi connectivity index (χ1) is 12.0. The van der Waals surface area contributed by atoms with Gasteiger partial charge < -0.3 is 5.32 Å². The van der Waals surface area contributed by atoms with Gasteiger partial charge in [0.2, 0.25) is 0 Å². The zero-order valence-corrected chi connectivity index (χ0v) is 15.0. The number of likely N-dealkylation sites (tertiary alicyclic amines) is 1. The lowest BCUT2D eigenvalue weighted by Crippen LogP contribution is -2.73. The molecule has 0 bridgehead atoms. The molecule has 1 aromatic heterocycles. The average molecular weight is 339 g/mol. The summed E-state index contributed by atoms with van der Waals surface area (Å²) in [6.07, 6.45) is 4.03. The highest BCUT2D eigenvalue weighted by Crippen LogP contribution is 2.38. The van der Waals surface area contributed by atoms with Gasteiger partial charge in [0, 0.05) is 18.1 Å². The Morgan fingerprint density at radius 1 is 1.28 bits per heavy atom. The second-order valence-corrected chi connectivity index (χ2v) is 7.73. The fraction of sp³-hybridized carbons (Fsp3) is 0.526. The number of nitrogens with one attached hydrogen (secondary N) is 1. The number of rotatable bonds is 5. The van der Waals surface area contributed by atoms with E-state index >= 15 is 0 Å². The summed E-state index contributed by atoms with van der Waals surface area (Å²) in [6, 6.07) is 11.4. The number of hydrogen-bond donors (Lipinski definition) is 1. The van der Waals surface area contributed by atoms with Gasteiger partial charge in [0.1, 0.15) is 0 Å². The van der Waals surface area contributed by atoms with Crippen LogP contribution in [0.3, 0.4) is 0 Å². The molecule has 6 heteroatoms. The van der Waals surface area contributed by atoms with Crippen LogP contribution in [0.25, 0.3) is 0 Å². The third kappa shape index (κ3) is 2.95. The Balaban J connectivity index is 1.40. The van der Waals surface area contributed by atoms with Crippen molar-refractivity contribution >= 4 is 5.91 Å². The van der Waals surface area contributed by atoms with Crippen molar-refractivity contribution < 1.29 is 4.79 Å². The van der Waals surface area contributed by atoms with Crippen molar-refractivity contribution in [3.8, 4) is 0 Å². The molecule has 0 radical (unpaired) electrons. The summed E-state index contributed by atoms with van der Waals surface area (Å²) in [5.74, 6) is -0.128. The van der Waals surface area contributed by atoms with Crippen LogP contribution >= 0.6 is 0 Å². The molecule has 0 spiro atoms. The SMILES string of the molecule is C[C@H](c1ccccc1)N1C[C@@H](NC(=O)c2cn(C3CC3)nn2)C1(C)C. The molecule has 132 valence electrons. The van der Waals surface area contributed by atoms with Crippen molar-refractivity contribution in [2.45, 2.75) is 57.3 Å². The lowest BCUT2D eigenvalue weighted by atomic mass is 9.80. The van der Waals surface area contributed by atoms with Gasteiger partial charge in [-0.05, 0) is 39.2 Å². The third-order valence-electron chi connectivity index (χ3n) is 5.69. The van der Waals surface area contributed by atoms with E-state index in [9.17, 15) is 4.79 Å². The van der Waals surface area contributed by atoms with Gasteiger partial charge in [0.15, 0.2) is 5.69 Å². The van der Waals surface area contributed by atoms with Crippen molar-refractivity contribution in [3.05, 3.63) is 47.8 Å². The summed E-state index contributed by atoms with van der Waals surface area (Å²) in [7, 11) is 0. The van der Waals surface area contributed by atoms with Gasteiger partial charge in [-0.25, -0.2) is 4.68 Å². The van der Waals surface area contributed by atoms with Crippen molar-refractivity contribution in [2.75, 3.05) is 6.54 Å². The van der Waals surface area contributed by atoms with E-state index in [0.29, 0.717) is 17.8 Å². The van der Waals surface area contributed by atoms with E-state index in [1.165, 1.54) is 5.56 Å². The molecular formula is C19H25N5O. The predicted octanol–water partition coefficient (Wildman–Crippen LogP) is 2.57. The average Bonchev–Trinajstić information content (AvgIpc) is 3.35. The molecule has 1 aromatic carbocycles. The highest BCUT2D eigenvalue weighted by Gasteiger charge is 2.49. The smallest absolute Gasteiger partial charge is 0.273 e. The maximum atomic E-state index is 12.5. The van der Waals surface area contributed by atoms with Crippen molar-refractivity contribution in [1.82, 2.24) is 25.2 Å². The molecule has 1 N–H and O–H groups in total. The maximum absolute atomic E-state index is 12.5. The van der Waals surface area contributed by atoms with Gasteiger partial charge in [0.05, 0.1) is 18.3 Å². The summed E-state index contributed by atoms with van der Waals surface area (Å²) >= 11 is 0. The molecule has 1 saturated carbocycles. The number of carbonyl (C=O) groups is 1. The minimum atomic E-state index is -0.128. The number of benzene rings is 1. The van der Waals surface area contributed by atoms with Crippen LogP contribution in [0.4, 0.5) is 0 Å². The van der Waals surface area contributed by atoms with Gasteiger partial charge in [0.25, 0.3) is 5.91 Å². The van der Waals surface area contributed by atoms with Gasteiger partial charge >= 0.3 is 0 Å². The minimum Gasteiger partial charge on any atom is -0.345 e. The standard InChI is InChI=1S/C19H25N5O/c1-13(14-7-5-4-6-8-14)23-12-17(19(23,2)3)20-18(25)16-11-24(22-21-16)15-9-10-15/h4-8,11,13,15,17H,9-10,12H2,1-3H3,(H,20,25)/t13-,17-/m1/s1. The molecule has 0 unspecified atom stereocenters. The maximum Gasteiger partial charge on any atom is 0.273 e. The topological polar surface area (TPSA) is 63.1 Å². The van der Waals surface area contributed by atoms with Crippen LogP contribution in [-0.4, -0.2) is 43.9 Å². The van der Waals surface area contributed by atoms with E-state index in [4.69, 9.17) is 0 Å². The molecule has 4 rings (SSSR count). The molecule has 25 heavy (non-hydrogen) atoms. The number of aromatic nitrogens is 3. The van der Waals surface area contributed by atoms with Crippen LogP contribution in [-0.2, 0) is 0 Å². The first-order valence-corrected chi connectivity index (χ1v) is 9.01. The second kappa shape index (κ2) is 5.95. The molecule has 1 saturated heterocycles. The molecule has 2 atom stereocenters. The Kier molecular flexibility index (Phi) is 3.87. The molecule has 1 aliphatic heterocycles. The third-order valence-corrected chi connectivity index (χ3v) is 5.69. The molecule has 2 aromatic rings. The van der Waals surface area contributed by atoms with Crippen LogP contribution in [0.2, 0.25) is 0 Å². The number of hydrogen-bond acceptors (Lipinski definition) is 4. The van der Waals surface area contributed by atoms with Crippen molar-refractivity contribution in [1.29, 1.82) is 0 Å². The van der Waals surface area contributed by atoms with E-state index in [1.54, 1.807) is 6.20 Å². The van der Waals surface area contributed by atoms with E-state index in [0.717, 1.165) is 19.4 Å². The van der Waals surface area contributed by atoms with Crippen LogP contribution in [0, 0.1) is 0 Å². The Morgan fingerprint density at radius 3 is 2.64 bits per heavy atom. The van der Waals surface area contributed by atoms with E-state index in [1.807, 2.05) is 10.7 Å². The number of amides is 1. The highest BCUT2D eigenvalue weighted by atomic mass is 16.2. The summed E-state index contributed by atoms with van der Waals surface area (Å²) in [4.78, 5) is 14.9. The molecule has 1 aliphatic carbocycles. The summed E-state index contributed by atoms with van der Waals surface area (Å²) in [5.41, 5.74) is 1.61. The molecule has 6 nitrogen and oxygen atoms in total. The lowest BCUT2D eigenvalue weighted by Gasteiger charge is -2.57. The first kappa shape index (κ1) is 16.3. The lowest BCUT2D eigenvalue weighted by molar-refractivity contribution is -0.0542. The summed E-state index contributed by atoms with van der Waals surface area (Å²) in [5, 5.41) is 11.2. The van der Waals surface area contributed by atoms with Crippen LogP contribution in [0.15, 0.2) is 36.5 Å². The number of carbonyl (C=O) groups excluding carboxylic acids is 1. The van der Waals surface area contributed by atoms with Crippen LogP contribution in [0.5, 0.6) is 0 Å². The molecule has 1 amide bonds. The highest BCUT2D eigenvalue weighted by molar-refractivity contribution is 5.92. The zero-order valence-electron chi connectivity index (χ0n) is 15.0. The summed E-state index contributed by atoms with van der Waals surface area (Å²) in [6.45, 7) is 7.42. The largest absolute Gasteiger partial charge is 0.345 e. The molecule has 2 heterocycles. The summed E-state index contributed by atoms with van der Waals surface area (Å²) < 4.78 is 1.81. The van der Waals surface area contributed by atoms with Gasteiger partial charge in [-0.1, -0.05) is 35.5 Å². The molecule has 2 fully saturated rings. The second-order valence-electron chi connectivity index (χ2n) is 7.73. The monoisotopic (exact) mass is 339 g/mol. The molecule has 2 aliphatic rings. The van der Waals surface area contributed by atoms with Gasteiger partial charge in [-0.2, -0.15) is 0 Å². The molecular weight excluding hydrogens is 314 g/mol. The predicted molar refractivity (Wildman–Crippen MR) is 95.2 cm³/mol. The Bertz CT molecular complexity index is 765. The Hall–Kier alpha value is -2.21. The van der Waals surface area contributed by atoms with Crippen molar-refractivity contribution in [2.24, 2.45) is 0 Å². The van der Waals surface area contributed by atoms with Gasteiger partial charge in [-0.3, -0.25) is 9.69 Å². The van der Waals surface area contributed by atoms with E-state index < -0.39 is 0 Å². The number of nitrogens with zero attached hydrogens (tertiary/aromatic N) is 4. The van der Waals surface area contributed by atoms with Crippen LogP contribution in [0.1, 0.15) is 61.7 Å². The first-order valence-electron chi connectivity index (χ1n) is 9.01. The minimum absolute atomic E-state index is 0.0998. The Morgan fingerprint density at radius 2 is 2.00 bits per heavy atom.